The highest BCUT2D eigenvalue weighted by atomic mass is 16.5. The van der Waals surface area contributed by atoms with Crippen LogP contribution in [0.3, 0.4) is 0 Å². The smallest absolute Gasteiger partial charge is 0.322 e. The molecule has 2 unspecified atom stereocenters. The maximum absolute atomic E-state index is 13.2. The van der Waals surface area contributed by atoms with Crippen molar-refractivity contribution >= 4 is 11.6 Å². The average molecular weight is 461 g/mol. The van der Waals surface area contributed by atoms with E-state index in [1.54, 1.807) is 12.0 Å². The van der Waals surface area contributed by atoms with E-state index >= 15 is 0 Å². The van der Waals surface area contributed by atoms with Crippen molar-refractivity contribution in [1.82, 2.24) is 20.4 Å². The van der Waals surface area contributed by atoms with Crippen molar-refractivity contribution in [2.24, 2.45) is 0 Å². The summed E-state index contributed by atoms with van der Waals surface area (Å²) in [6.07, 6.45) is 1.95. The Balaban J connectivity index is 1.57. The summed E-state index contributed by atoms with van der Waals surface area (Å²) >= 11 is 0. The van der Waals surface area contributed by atoms with Gasteiger partial charge in [0.15, 0.2) is 0 Å². The van der Waals surface area contributed by atoms with Crippen LogP contribution in [-0.2, 0) is 4.74 Å². The second-order valence-corrected chi connectivity index (χ2v) is 8.69. The van der Waals surface area contributed by atoms with E-state index in [1.165, 1.54) is 0 Å². The van der Waals surface area contributed by atoms with Crippen LogP contribution in [0.25, 0.3) is 17.0 Å². The number of allylic oxidation sites excluding steroid dienone is 1. The molecule has 0 spiro atoms. The number of aromatic nitrogens is 2. The van der Waals surface area contributed by atoms with Crippen LogP contribution in [0.5, 0.6) is 5.75 Å². The van der Waals surface area contributed by atoms with Crippen molar-refractivity contribution in [3.05, 3.63) is 71.2 Å². The zero-order valence-corrected chi connectivity index (χ0v) is 19.6. The summed E-state index contributed by atoms with van der Waals surface area (Å²) in [5.74, 6) is 1.58. The summed E-state index contributed by atoms with van der Waals surface area (Å²) in [5.41, 5.74) is 4.42. The van der Waals surface area contributed by atoms with Gasteiger partial charge in [0.1, 0.15) is 5.75 Å². The molecule has 2 aromatic carbocycles. The van der Waals surface area contributed by atoms with E-state index < -0.39 is 6.04 Å². The van der Waals surface area contributed by atoms with Crippen molar-refractivity contribution in [2.45, 2.75) is 38.8 Å². The number of ether oxygens (including phenoxy) is 2. The largest absolute Gasteiger partial charge is 0.497 e. The summed E-state index contributed by atoms with van der Waals surface area (Å²) in [4.78, 5) is 19.6. The van der Waals surface area contributed by atoms with Crippen LogP contribution in [-0.4, -0.2) is 47.4 Å². The standard InChI is InChI=1S/C26H28N4O4/c1-16-9-11-18(12-10-16)24-28-25(34-29-24)22-17(2)30(15-21-8-5-13-33-21)26(31)27-23(22)19-6-4-7-20(14-19)32-3/h4,6-7,9-12,14,21,23H,5,8,13,15H2,1-3H3,(H,27,31). The van der Waals surface area contributed by atoms with Crippen molar-refractivity contribution in [1.29, 1.82) is 0 Å². The Morgan fingerprint density at radius 2 is 2.00 bits per heavy atom. The molecule has 1 saturated heterocycles. The molecule has 2 amide bonds. The van der Waals surface area contributed by atoms with E-state index in [1.807, 2.05) is 62.4 Å². The van der Waals surface area contributed by atoms with Crippen molar-refractivity contribution < 1.29 is 18.8 Å². The molecule has 2 atom stereocenters. The van der Waals surface area contributed by atoms with Crippen molar-refractivity contribution in [2.75, 3.05) is 20.3 Å². The van der Waals surface area contributed by atoms with Gasteiger partial charge in [0.2, 0.25) is 5.82 Å². The third-order valence-electron chi connectivity index (χ3n) is 6.40. The first-order valence-corrected chi connectivity index (χ1v) is 11.5. The molecule has 1 N–H and O–H groups in total. The van der Waals surface area contributed by atoms with Gasteiger partial charge in [0.25, 0.3) is 5.89 Å². The Morgan fingerprint density at radius 3 is 2.74 bits per heavy atom. The lowest BCUT2D eigenvalue weighted by atomic mass is 9.94. The molecule has 3 heterocycles. The average Bonchev–Trinajstić information content (AvgIpc) is 3.54. The van der Waals surface area contributed by atoms with Gasteiger partial charge in [-0.2, -0.15) is 4.98 Å². The molecule has 3 aromatic rings. The molecule has 8 heteroatoms. The Bertz CT molecular complexity index is 1210. The van der Waals surface area contributed by atoms with Gasteiger partial charge in [0, 0.05) is 17.9 Å². The van der Waals surface area contributed by atoms with Crippen molar-refractivity contribution in [3.63, 3.8) is 0 Å². The maximum Gasteiger partial charge on any atom is 0.322 e. The maximum atomic E-state index is 13.2. The number of hydrogen-bond acceptors (Lipinski definition) is 6. The quantitative estimate of drug-likeness (QED) is 0.572. The lowest BCUT2D eigenvalue weighted by Gasteiger charge is -2.36. The number of benzene rings is 2. The highest BCUT2D eigenvalue weighted by Gasteiger charge is 2.37. The molecule has 5 rings (SSSR count). The highest BCUT2D eigenvalue weighted by molar-refractivity contribution is 5.87. The van der Waals surface area contributed by atoms with Crippen LogP contribution in [0.4, 0.5) is 4.79 Å². The fourth-order valence-electron chi connectivity index (χ4n) is 4.49. The van der Waals surface area contributed by atoms with Crippen LogP contribution >= 0.6 is 0 Å². The molecule has 0 aliphatic carbocycles. The summed E-state index contributed by atoms with van der Waals surface area (Å²) in [6.45, 7) is 5.16. The van der Waals surface area contributed by atoms with Gasteiger partial charge in [-0.15, -0.1) is 0 Å². The van der Waals surface area contributed by atoms with Crippen LogP contribution in [0, 0.1) is 6.92 Å². The molecular weight excluding hydrogens is 432 g/mol. The van der Waals surface area contributed by atoms with Crippen LogP contribution in [0.2, 0.25) is 0 Å². The predicted molar refractivity (Wildman–Crippen MR) is 127 cm³/mol. The summed E-state index contributed by atoms with van der Waals surface area (Å²) < 4.78 is 17.0. The Hall–Kier alpha value is -3.65. The number of rotatable bonds is 6. The summed E-state index contributed by atoms with van der Waals surface area (Å²) in [6, 6.07) is 15.0. The third-order valence-corrected chi connectivity index (χ3v) is 6.40. The predicted octanol–water partition coefficient (Wildman–Crippen LogP) is 4.73. The van der Waals surface area contributed by atoms with Crippen LogP contribution in [0.15, 0.2) is 58.8 Å². The van der Waals surface area contributed by atoms with E-state index in [4.69, 9.17) is 19.0 Å². The van der Waals surface area contributed by atoms with Gasteiger partial charge in [-0.1, -0.05) is 47.1 Å². The van der Waals surface area contributed by atoms with Gasteiger partial charge >= 0.3 is 6.03 Å². The van der Waals surface area contributed by atoms with E-state index in [0.717, 1.165) is 47.4 Å². The molecule has 1 fully saturated rings. The van der Waals surface area contributed by atoms with Gasteiger partial charge in [-0.3, -0.25) is 4.90 Å². The number of carbonyl (C=O) groups is 1. The topological polar surface area (TPSA) is 89.7 Å². The van der Waals surface area contributed by atoms with Gasteiger partial charge in [0.05, 0.1) is 31.4 Å². The lowest BCUT2D eigenvalue weighted by molar-refractivity contribution is 0.0877. The van der Waals surface area contributed by atoms with Crippen LogP contribution < -0.4 is 10.1 Å². The Labute approximate surface area is 198 Å². The number of carbonyl (C=O) groups excluding carboxylic acids is 1. The minimum absolute atomic E-state index is 0.0149. The fraction of sp³-hybridized carbons (Fsp3) is 0.346. The molecule has 0 radical (unpaired) electrons. The normalized spacial score (nSPS) is 20.6. The van der Waals surface area contributed by atoms with E-state index in [2.05, 4.69) is 10.5 Å². The second kappa shape index (κ2) is 9.30. The number of nitrogens with zero attached hydrogens (tertiary/aromatic N) is 3. The zero-order valence-electron chi connectivity index (χ0n) is 19.6. The van der Waals surface area contributed by atoms with Gasteiger partial charge in [-0.05, 0) is 44.4 Å². The van der Waals surface area contributed by atoms with E-state index in [0.29, 0.717) is 24.0 Å². The number of nitrogens with one attached hydrogen (secondary N) is 1. The number of urea groups is 1. The SMILES string of the molecule is COc1cccc(C2NC(=O)N(CC3CCCO3)C(C)=C2c2nc(-c3ccc(C)cc3)no2)c1. The molecule has 0 bridgehead atoms. The number of hydrogen-bond donors (Lipinski definition) is 1. The molecule has 1 aromatic heterocycles. The highest BCUT2D eigenvalue weighted by Crippen LogP contribution is 2.38. The first-order chi connectivity index (χ1) is 16.5. The van der Waals surface area contributed by atoms with E-state index in [-0.39, 0.29) is 12.1 Å². The third kappa shape index (κ3) is 4.28. The second-order valence-electron chi connectivity index (χ2n) is 8.69. The number of aryl methyl sites for hydroxylation is 1. The van der Waals surface area contributed by atoms with Crippen LogP contribution in [0.1, 0.15) is 42.8 Å². The fourth-order valence-corrected chi connectivity index (χ4v) is 4.49. The molecule has 176 valence electrons. The van der Waals surface area contributed by atoms with Crippen molar-refractivity contribution in [3.8, 4) is 17.1 Å². The molecule has 2 aliphatic rings. The first-order valence-electron chi connectivity index (χ1n) is 11.5. The number of methoxy groups -OCH3 is 1. The lowest BCUT2D eigenvalue weighted by Crippen LogP contribution is -2.48. The molecule has 8 nitrogen and oxygen atoms in total. The first kappa shape index (κ1) is 22.2. The molecule has 0 saturated carbocycles. The minimum atomic E-state index is -0.463. The monoisotopic (exact) mass is 460 g/mol. The Kier molecular flexibility index (Phi) is 6.06. The summed E-state index contributed by atoms with van der Waals surface area (Å²) in [7, 11) is 1.62. The van der Waals surface area contributed by atoms with Gasteiger partial charge in [-0.25, -0.2) is 4.79 Å². The zero-order chi connectivity index (χ0) is 23.7. The molecule has 2 aliphatic heterocycles. The number of amides is 2. The summed E-state index contributed by atoms with van der Waals surface area (Å²) in [5, 5.41) is 7.37. The molecule has 34 heavy (non-hydrogen) atoms. The van der Waals surface area contributed by atoms with E-state index in [9.17, 15) is 4.79 Å². The minimum Gasteiger partial charge on any atom is -0.497 e. The Morgan fingerprint density at radius 1 is 1.18 bits per heavy atom. The van der Waals surface area contributed by atoms with Gasteiger partial charge < -0.3 is 19.3 Å². The molecular formula is C26H28N4O4.